The Hall–Kier alpha value is -2.24. The number of rotatable bonds is 4. The lowest BCUT2D eigenvalue weighted by atomic mass is 10.2. The lowest BCUT2D eigenvalue weighted by molar-refractivity contribution is 0.0932. The van der Waals surface area contributed by atoms with E-state index in [-0.39, 0.29) is 11.9 Å². The number of nitrogens with one attached hydrogen (secondary N) is 1. The smallest absolute Gasteiger partial charge is 0.272 e. The molecular formula is C20H20Cl2N4O. The Bertz CT molecular complexity index is 972. The van der Waals surface area contributed by atoms with Gasteiger partial charge in [-0.2, -0.15) is 5.10 Å². The summed E-state index contributed by atoms with van der Waals surface area (Å²) in [6, 6.07) is 9.43. The molecule has 0 aliphatic heterocycles. The SMILES string of the molecule is Cc1c(C(=O)NC2CCCC2)nn(-c2ccc(Cl)c(Cl)c2)c1-n1cccc1. The van der Waals surface area contributed by atoms with Crippen LogP contribution in [0.4, 0.5) is 0 Å². The second-order valence-electron chi connectivity index (χ2n) is 6.85. The van der Waals surface area contributed by atoms with Gasteiger partial charge in [0.15, 0.2) is 5.69 Å². The first-order valence-electron chi connectivity index (χ1n) is 9.04. The third-order valence-corrected chi connectivity index (χ3v) is 5.73. The molecule has 2 heterocycles. The van der Waals surface area contributed by atoms with Crippen molar-refractivity contribution in [2.45, 2.75) is 38.6 Å². The summed E-state index contributed by atoms with van der Waals surface area (Å²) in [4.78, 5) is 12.9. The number of nitrogens with zero attached hydrogens (tertiary/aromatic N) is 3. The molecule has 2 aromatic heterocycles. The molecule has 0 saturated heterocycles. The van der Waals surface area contributed by atoms with E-state index in [9.17, 15) is 4.79 Å². The molecule has 1 saturated carbocycles. The predicted molar refractivity (Wildman–Crippen MR) is 107 cm³/mol. The Labute approximate surface area is 167 Å². The molecule has 7 heteroatoms. The Morgan fingerprint density at radius 2 is 1.85 bits per heavy atom. The molecule has 140 valence electrons. The zero-order chi connectivity index (χ0) is 19.0. The maximum Gasteiger partial charge on any atom is 0.272 e. The zero-order valence-electron chi connectivity index (χ0n) is 15.0. The normalized spacial score (nSPS) is 14.6. The molecule has 1 aliphatic rings. The minimum absolute atomic E-state index is 0.133. The van der Waals surface area contributed by atoms with Crippen molar-refractivity contribution >= 4 is 29.1 Å². The van der Waals surface area contributed by atoms with Crippen LogP contribution in [0, 0.1) is 6.92 Å². The van der Waals surface area contributed by atoms with Gasteiger partial charge in [0.05, 0.1) is 15.7 Å². The van der Waals surface area contributed by atoms with Gasteiger partial charge in [-0.15, -0.1) is 0 Å². The minimum atomic E-state index is -0.133. The van der Waals surface area contributed by atoms with E-state index >= 15 is 0 Å². The molecule has 1 aliphatic carbocycles. The Kier molecular flexibility index (Phi) is 4.98. The standard InChI is InChI=1S/C20H20Cl2N4O/c1-13-18(19(27)23-14-6-2-3-7-14)24-26(20(13)25-10-4-5-11-25)15-8-9-16(21)17(22)12-15/h4-5,8-12,14H,2-3,6-7H2,1H3,(H,23,27). The molecule has 3 aromatic rings. The van der Waals surface area contributed by atoms with Crippen LogP contribution in [0.1, 0.15) is 41.7 Å². The van der Waals surface area contributed by atoms with E-state index in [1.807, 2.05) is 42.1 Å². The molecule has 1 aromatic carbocycles. The molecule has 0 spiro atoms. The highest BCUT2D eigenvalue weighted by atomic mass is 35.5. The van der Waals surface area contributed by atoms with Crippen LogP contribution in [0.15, 0.2) is 42.7 Å². The van der Waals surface area contributed by atoms with Crippen molar-refractivity contribution < 1.29 is 4.79 Å². The largest absolute Gasteiger partial charge is 0.348 e. The highest BCUT2D eigenvalue weighted by Gasteiger charge is 2.25. The number of hydrogen-bond donors (Lipinski definition) is 1. The van der Waals surface area contributed by atoms with Crippen molar-refractivity contribution in [2.75, 3.05) is 0 Å². The average Bonchev–Trinajstić information content (AvgIpc) is 3.38. The van der Waals surface area contributed by atoms with E-state index in [0.717, 1.165) is 42.8 Å². The number of amides is 1. The first-order valence-corrected chi connectivity index (χ1v) is 9.79. The number of carbonyl (C=O) groups excluding carboxylic acids is 1. The van der Waals surface area contributed by atoms with E-state index in [1.165, 1.54) is 0 Å². The number of halogens is 2. The molecule has 1 fully saturated rings. The number of benzene rings is 1. The van der Waals surface area contributed by atoms with E-state index in [2.05, 4.69) is 10.4 Å². The van der Waals surface area contributed by atoms with Gasteiger partial charge in [-0.05, 0) is 50.1 Å². The maximum atomic E-state index is 12.9. The second kappa shape index (κ2) is 7.41. The molecule has 0 unspecified atom stereocenters. The Morgan fingerprint density at radius 3 is 2.52 bits per heavy atom. The van der Waals surface area contributed by atoms with Crippen molar-refractivity contribution in [1.82, 2.24) is 19.7 Å². The molecule has 1 amide bonds. The molecule has 27 heavy (non-hydrogen) atoms. The summed E-state index contributed by atoms with van der Waals surface area (Å²) in [6.45, 7) is 1.92. The van der Waals surface area contributed by atoms with Gasteiger partial charge in [-0.3, -0.25) is 4.79 Å². The second-order valence-corrected chi connectivity index (χ2v) is 7.67. The quantitative estimate of drug-likeness (QED) is 0.670. The molecule has 1 N–H and O–H groups in total. The van der Waals surface area contributed by atoms with Crippen LogP contribution in [0.5, 0.6) is 0 Å². The Balaban J connectivity index is 1.79. The monoisotopic (exact) mass is 402 g/mol. The van der Waals surface area contributed by atoms with Crippen molar-refractivity contribution in [3.05, 3.63) is 64.0 Å². The predicted octanol–water partition coefficient (Wildman–Crippen LogP) is 4.95. The fourth-order valence-electron chi connectivity index (χ4n) is 3.60. The summed E-state index contributed by atoms with van der Waals surface area (Å²) in [6.07, 6.45) is 8.24. The van der Waals surface area contributed by atoms with Gasteiger partial charge in [0.25, 0.3) is 5.91 Å². The number of hydrogen-bond acceptors (Lipinski definition) is 2. The number of aromatic nitrogens is 3. The van der Waals surface area contributed by atoms with Gasteiger partial charge in [-0.1, -0.05) is 36.0 Å². The van der Waals surface area contributed by atoms with Crippen molar-refractivity contribution in [1.29, 1.82) is 0 Å². The summed E-state index contributed by atoms with van der Waals surface area (Å²) in [5.74, 6) is 0.668. The van der Waals surface area contributed by atoms with Gasteiger partial charge >= 0.3 is 0 Å². The molecule has 0 atom stereocenters. The third kappa shape index (κ3) is 3.49. The van der Waals surface area contributed by atoms with Crippen LogP contribution in [0.2, 0.25) is 10.0 Å². The lowest BCUT2D eigenvalue weighted by Crippen LogP contribution is -2.33. The van der Waals surface area contributed by atoms with Crippen molar-refractivity contribution in [2.24, 2.45) is 0 Å². The van der Waals surface area contributed by atoms with Gasteiger partial charge in [-0.25, -0.2) is 4.68 Å². The van der Waals surface area contributed by atoms with Crippen LogP contribution in [0.25, 0.3) is 11.5 Å². The van der Waals surface area contributed by atoms with Crippen LogP contribution in [-0.4, -0.2) is 26.3 Å². The zero-order valence-corrected chi connectivity index (χ0v) is 16.5. The summed E-state index contributed by atoms with van der Waals surface area (Å²) in [5, 5.41) is 8.67. The van der Waals surface area contributed by atoms with E-state index in [1.54, 1.807) is 16.8 Å². The first kappa shape index (κ1) is 18.1. The maximum absolute atomic E-state index is 12.9. The van der Waals surface area contributed by atoms with Gasteiger partial charge in [0.1, 0.15) is 5.82 Å². The highest BCUT2D eigenvalue weighted by Crippen LogP contribution is 2.28. The summed E-state index contributed by atoms with van der Waals surface area (Å²) < 4.78 is 3.68. The average molecular weight is 403 g/mol. The lowest BCUT2D eigenvalue weighted by Gasteiger charge is -2.10. The number of carbonyl (C=O) groups is 1. The molecule has 0 radical (unpaired) electrons. The third-order valence-electron chi connectivity index (χ3n) is 4.99. The fourth-order valence-corrected chi connectivity index (χ4v) is 3.89. The molecule has 5 nitrogen and oxygen atoms in total. The highest BCUT2D eigenvalue weighted by molar-refractivity contribution is 6.42. The van der Waals surface area contributed by atoms with Crippen LogP contribution in [0.3, 0.4) is 0 Å². The van der Waals surface area contributed by atoms with Gasteiger partial charge in [0, 0.05) is 24.0 Å². The molecular weight excluding hydrogens is 383 g/mol. The Morgan fingerprint density at radius 1 is 1.15 bits per heavy atom. The minimum Gasteiger partial charge on any atom is -0.348 e. The summed E-state index contributed by atoms with van der Waals surface area (Å²) in [7, 11) is 0. The van der Waals surface area contributed by atoms with Gasteiger partial charge in [0.2, 0.25) is 0 Å². The fraction of sp³-hybridized carbons (Fsp3) is 0.300. The van der Waals surface area contributed by atoms with E-state index in [0.29, 0.717) is 15.7 Å². The topological polar surface area (TPSA) is 51.9 Å². The molecule has 4 rings (SSSR count). The van der Waals surface area contributed by atoms with Gasteiger partial charge < -0.3 is 9.88 Å². The van der Waals surface area contributed by atoms with Crippen molar-refractivity contribution in [3.8, 4) is 11.5 Å². The summed E-state index contributed by atoms with van der Waals surface area (Å²) in [5.41, 5.74) is 1.99. The van der Waals surface area contributed by atoms with Crippen LogP contribution in [-0.2, 0) is 0 Å². The summed E-state index contributed by atoms with van der Waals surface area (Å²) >= 11 is 12.3. The van der Waals surface area contributed by atoms with E-state index < -0.39 is 0 Å². The van der Waals surface area contributed by atoms with Crippen LogP contribution < -0.4 is 5.32 Å². The van der Waals surface area contributed by atoms with Crippen LogP contribution >= 0.6 is 23.2 Å². The first-order chi connectivity index (χ1) is 13.0. The van der Waals surface area contributed by atoms with E-state index in [4.69, 9.17) is 23.2 Å². The van der Waals surface area contributed by atoms with Crippen molar-refractivity contribution in [3.63, 3.8) is 0 Å². The molecule has 0 bridgehead atoms.